The largest absolute Gasteiger partial charge is 0.481 e. The fraction of sp³-hybridized carbons (Fsp3) is 0.211. The van der Waals surface area contributed by atoms with Gasteiger partial charge in [0.1, 0.15) is 0 Å². The Hall–Kier alpha value is -3.35. The van der Waals surface area contributed by atoms with Crippen LogP contribution in [0, 0.1) is 5.92 Å². The predicted octanol–water partition coefficient (Wildman–Crippen LogP) is 2.59. The molecule has 0 spiro atoms. The van der Waals surface area contributed by atoms with Crippen LogP contribution in [0.4, 0.5) is 10.5 Å². The van der Waals surface area contributed by atoms with Gasteiger partial charge in [-0.05, 0) is 41.8 Å². The van der Waals surface area contributed by atoms with Crippen LogP contribution < -0.4 is 10.6 Å². The van der Waals surface area contributed by atoms with Crippen molar-refractivity contribution in [1.29, 1.82) is 0 Å². The van der Waals surface area contributed by atoms with Crippen LogP contribution in [-0.2, 0) is 16.0 Å². The first-order chi connectivity index (χ1) is 12.5. The molecule has 0 bridgehead atoms. The Kier molecular flexibility index (Phi) is 4.88. The summed E-state index contributed by atoms with van der Waals surface area (Å²) in [5.41, 5.74) is 2.62. The van der Waals surface area contributed by atoms with Crippen LogP contribution in [0.25, 0.3) is 0 Å². The lowest BCUT2D eigenvalue weighted by Crippen LogP contribution is -2.34. The van der Waals surface area contributed by atoms with Gasteiger partial charge in [-0.3, -0.25) is 14.9 Å². The van der Waals surface area contributed by atoms with E-state index in [0.29, 0.717) is 17.7 Å². The van der Waals surface area contributed by atoms with Crippen molar-refractivity contribution in [2.45, 2.75) is 12.5 Å². The van der Waals surface area contributed by atoms with E-state index in [4.69, 9.17) is 0 Å². The summed E-state index contributed by atoms with van der Waals surface area (Å²) in [4.78, 5) is 35.3. The zero-order valence-electron chi connectivity index (χ0n) is 14.1. The third kappa shape index (κ3) is 3.51. The number of aliphatic carboxylic acids is 1. The van der Waals surface area contributed by atoms with Crippen molar-refractivity contribution in [3.05, 3.63) is 65.2 Å². The molecule has 2 atom stereocenters. The molecule has 2 amide bonds. The molecule has 7 heteroatoms. The van der Waals surface area contributed by atoms with Gasteiger partial charge in [0.25, 0.3) is 5.91 Å². The smallest absolute Gasteiger partial charge is 0.411 e. The third-order valence-electron chi connectivity index (χ3n) is 4.42. The SMILES string of the molecule is COC(=O)Nc1ccc(C(=O)NC2c3ccccc3CC2C(=O)O)cc1. The number of ether oxygens (including phenoxy) is 1. The summed E-state index contributed by atoms with van der Waals surface area (Å²) in [5, 5.41) is 14.8. The Balaban J connectivity index is 1.76. The van der Waals surface area contributed by atoms with E-state index in [1.165, 1.54) is 7.11 Å². The van der Waals surface area contributed by atoms with Crippen molar-refractivity contribution < 1.29 is 24.2 Å². The van der Waals surface area contributed by atoms with Gasteiger partial charge in [0.2, 0.25) is 0 Å². The van der Waals surface area contributed by atoms with Gasteiger partial charge in [-0.2, -0.15) is 0 Å². The molecule has 3 N–H and O–H groups in total. The molecule has 1 aliphatic carbocycles. The number of carbonyl (C=O) groups excluding carboxylic acids is 2. The molecule has 0 saturated carbocycles. The quantitative estimate of drug-likeness (QED) is 0.783. The van der Waals surface area contributed by atoms with Gasteiger partial charge in [-0.25, -0.2) is 4.79 Å². The fourth-order valence-corrected chi connectivity index (χ4v) is 3.10. The molecule has 0 saturated heterocycles. The molecule has 7 nitrogen and oxygen atoms in total. The lowest BCUT2D eigenvalue weighted by molar-refractivity contribution is -0.142. The molecular formula is C19H18N2O5. The van der Waals surface area contributed by atoms with Crippen LogP contribution in [0.3, 0.4) is 0 Å². The molecule has 0 aromatic heterocycles. The highest BCUT2D eigenvalue weighted by atomic mass is 16.5. The van der Waals surface area contributed by atoms with E-state index >= 15 is 0 Å². The van der Waals surface area contributed by atoms with Crippen LogP contribution in [0.2, 0.25) is 0 Å². The van der Waals surface area contributed by atoms with E-state index in [0.717, 1.165) is 11.1 Å². The number of hydrogen-bond donors (Lipinski definition) is 3. The lowest BCUT2D eigenvalue weighted by atomic mass is 10.0. The van der Waals surface area contributed by atoms with Gasteiger partial charge in [0.15, 0.2) is 0 Å². The Morgan fingerprint density at radius 3 is 2.42 bits per heavy atom. The van der Waals surface area contributed by atoms with E-state index in [-0.39, 0.29) is 5.91 Å². The Bertz CT molecular complexity index is 847. The zero-order chi connectivity index (χ0) is 18.7. The van der Waals surface area contributed by atoms with Gasteiger partial charge in [-0.1, -0.05) is 24.3 Å². The topological polar surface area (TPSA) is 105 Å². The molecule has 1 aliphatic rings. The second kappa shape index (κ2) is 7.26. The first-order valence-corrected chi connectivity index (χ1v) is 8.06. The highest BCUT2D eigenvalue weighted by Gasteiger charge is 2.38. The minimum absolute atomic E-state index is 0.369. The van der Waals surface area contributed by atoms with Crippen molar-refractivity contribution in [3.8, 4) is 0 Å². The van der Waals surface area contributed by atoms with E-state index < -0.39 is 24.0 Å². The maximum absolute atomic E-state index is 12.6. The highest BCUT2D eigenvalue weighted by molar-refractivity contribution is 5.95. The molecule has 3 rings (SSSR count). The van der Waals surface area contributed by atoms with E-state index in [2.05, 4.69) is 15.4 Å². The standard InChI is InChI=1S/C19H18N2O5/c1-26-19(25)20-13-8-6-11(7-9-13)17(22)21-16-14-5-3-2-4-12(14)10-15(16)18(23)24/h2-9,15-16H,10H2,1H3,(H,20,25)(H,21,22)(H,23,24). The molecule has 2 aromatic carbocycles. The van der Waals surface area contributed by atoms with E-state index in [9.17, 15) is 19.5 Å². The second-order valence-electron chi connectivity index (χ2n) is 5.99. The van der Waals surface area contributed by atoms with Gasteiger partial charge in [-0.15, -0.1) is 0 Å². The van der Waals surface area contributed by atoms with Gasteiger partial charge in [0, 0.05) is 11.3 Å². The average molecular weight is 354 g/mol. The zero-order valence-corrected chi connectivity index (χ0v) is 14.1. The highest BCUT2D eigenvalue weighted by Crippen LogP contribution is 2.36. The summed E-state index contributed by atoms with van der Waals surface area (Å²) in [5.74, 6) is -2.01. The number of carboxylic acids is 1. The Morgan fingerprint density at radius 2 is 1.77 bits per heavy atom. The van der Waals surface area contributed by atoms with Crippen molar-refractivity contribution in [2.24, 2.45) is 5.92 Å². The minimum atomic E-state index is -0.941. The number of amides is 2. The van der Waals surface area contributed by atoms with Gasteiger partial charge >= 0.3 is 12.1 Å². The van der Waals surface area contributed by atoms with Crippen LogP contribution in [0.5, 0.6) is 0 Å². The molecule has 0 fully saturated rings. The molecule has 2 aromatic rings. The number of anilines is 1. The number of rotatable bonds is 4. The molecule has 0 aliphatic heterocycles. The summed E-state index contributed by atoms with van der Waals surface area (Å²) < 4.78 is 4.50. The minimum Gasteiger partial charge on any atom is -0.481 e. The van der Waals surface area contributed by atoms with Crippen LogP contribution in [0.1, 0.15) is 27.5 Å². The Morgan fingerprint density at radius 1 is 1.08 bits per heavy atom. The molecule has 0 radical (unpaired) electrons. The normalized spacial score (nSPS) is 17.9. The third-order valence-corrected chi connectivity index (χ3v) is 4.42. The van der Waals surface area contributed by atoms with E-state index in [1.54, 1.807) is 24.3 Å². The lowest BCUT2D eigenvalue weighted by Gasteiger charge is -2.19. The van der Waals surface area contributed by atoms with Gasteiger partial charge in [0.05, 0.1) is 19.1 Å². The summed E-state index contributed by atoms with van der Waals surface area (Å²) in [6, 6.07) is 13.1. The monoisotopic (exact) mass is 354 g/mol. The summed E-state index contributed by atoms with van der Waals surface area (Å²) in [7, 11) is 1.26. The van der Waals surface area contributed by atoms with Crippen molar-refractivity contribution >= 4 is 23.7 Å². The molecule has 2 unspecified atom stereocenters. The van der Waals surface area contributed by atoms with Crippen molar-refractivity contribution in [2.75, 3.05) is 12.4 Å². The number of hydrogen-bond acceptors (Lipinski definition) is 4. The number of nitrogens with one attached hydrogen (secondary N) is 2. The maximum atomic E-state index is 12.6. The molecule has 26 heavy (non-hydrogen) atoms. The first-order valence-electron chi connectivity index (χ1n) is 8.06. The second-order valence-corrected chi connectivity index (χ2v) is 5.99. The van der Waals surface area contributed by atoms with Crippen LogP contribution in [-0.4, -0.2) is 30.2 Å². The average Bonchev–Trinajstić information content (AvgIpc) is 3.01. The Labute approximate surface area is 150 Å². The number of fused-ring (bicyclic) bond motifs is 1. The summed E-state index contributed by atoms with van der Waals surface area (Å²) in [6.45, 7) is 0. The number of methoxy groups -OCH3 is 1. The summed E-state index contributed by atoms with van der Waals surface area (Å²) in [6.07, 6.45) is -0.215. The molecule has 0 heterocycles. The predicted molar refractivity (Wildman–Crippen MR) is 93.9 cm³/mol. The van der Waals surface area contributed by atoms with Crippen LogP contribution >= 0.6 is 0 Å². The maximum Gasteiger partial charge on any atom is 0.411 e. The van der Waals surface area contributed by atoms with E-state index in [1.807, 2.05) is 24.3 Å². The van der Waals surface area contributed by atoms with Gasteiger partial charge < -0.3 is 15.2 Å². The number of carbonyl (C=O) groups is 3. The molecular weight excluding hydrogens is 336 g/mol. The number of benzene rings is 2. The molecule has 134 valence electrons. The summed E-state index contributed by atoms with van der Waals surface area (Å²) >= 11 is 0. The first kappa shape index (κ1) is 17.5. The van der Waals surface area contributed by atoms with Crippen molar-refractivity contribution in [3.63, 3.8) is 0 Å². The van der Waals surface area contributed by atoms with Crippen molar-refractivity contribution in [1.82, 2.24) is 5.32 Å². The number of carboxylic acid groups (broad SMARTS) is 1. The van der Waals surface area contributed by atoms with Crippen LogP contribution in [0.15, 0.2) is 48.5 Å². The fourth-order valence-electron chi connectivity index (χ4n) is 3.10.